The van der Waals surface area contributed by atoms with Crippen molar-refractivity contribution in [1.82, 2.24) is 19.9 Å². The van der Waals surface area contributed by atoms with Gasteiger partial charge in [-0.05, 0) is 56.4 Å². The quantitative estimate of drug-likeness (QED) is 0.186. The first kappa shape index (κ1) is 27.8. The highest BCUT2D eigenvalue weighted by molar-refractivity contribution is 6.13. The molecule has 0 bridgehead atoms. The van der Waals surface area contributed by atoms with Crippen molar-refractivity contribution in [2.45, 2.75) is 6.92 Å². The molecule has 0 unspecified atom stereocenters. The summed E-state index contributed by atoms with van der Waals surface area (Å²) in [4.78, 5) is 46.3. The number of amides is 1. The number of likely N-dealkylation sites (N-methyl/N-ethyl adjacent to an activating group) is 1. The van der Waals surface area contributed by atoms with Gasteiger partial charge in [0.1, 0.15) is 5.69 Å². The van der Waals surface area contributed by atoms with E-state index in [0.29, 0.717) is 33.6 Å². The van der Waals surface area contributed by atoms with Crippen LogP contribution in [0.3, 0.4) is 0 Å². The molecule has 1 amide bonds. The van der Waals surface area contributed by atoms with Gasteiger partial charge >= 0.3 is 0 Å². The normalized spacial score (nSPS) is 14.0. The number of nitrogens with zero attached hydrogens (tertiary/aromatic N) is 5. The highest BCUT2D eigenvalue weighted by Crippen LogP contribution is 2.29. The van der Waals surface area contributed by atoms with Gasteiger partial charge in [0.25, 0.3) is 5.91 Å². The molecule has 0 atom stereocenters. The molecule has 43 heavy (non-hydrogen) atoms. The molecule has 0 radical (unpaired) electrons. The summed E-state index contributed by atoms with van der Waals surface area (Å²) >= 11 is 0. The van der Waals surface area contributed by atoms with Gasteiger partial charge in [-0.25, -0.2) is 4.98 Å². The van der Waals surface area contributed by atoms with Gasteiger partial charge in [0, 0.05) is 72.0 Å². The molecule has 216 valence electrons. The smallest absolute Gasteiger partial charge is 0.275 e. The Balaban J connectivity index is 1.17. The highest BCUT2D eigenvalue weighted by Gasteiger charge is 2.16. The van der Waals surface area contributed by atoms with Crippen LogP contribution in [0.25, 0.3) is 10.9 Å². The lowest BCUT2D eigenvalue weighted by Gasteiger charge is -2.34. The van der Waals surface area contributed by atoms with Crippen molar-refractivity contribution in [3.63, 3.8) is 0 Å². The van der Waals surface area contributed by atoms with Crippen LogP contribution in [0.2, 0.25) is 0 Å². The van der Waals surface area contributed by atoms with Crippen LogP contribution in [0.1, 0.15) is 37.7 Å². The summed E-state index contributed by atoms with van der Waals surface area (Å²) in [7, 11) is 2.14. The molecule has 0 spiro atoms. The van der Waals surface area contributed by atoms with Crippen LogP contribution in [0.5, 0.6) is 5.88 Å². The zero-order chi connectivity index (χ0) is 29.9. The SMILES string of the molecule is Cc1cnc(C(=O)Nc2cccc(C(=O)c3ccc4c(C=Nc5ccc(N6CCN(C)CC6)cc5)c(O)[nH]c4c3)c2)cn1. The van der Waals surface area contributed by atoms with Crippen molar-refractivity contribution < 1.29 is 14.7 Å². The second-order valence-electron chi connectivity index (χ2n) is 10.6. The first-order valence-electron chi connectivity index (χ1n) is 14.0. The molecule has 3 N–H and O–H groups in total. The Hall–Kier alpha value is -5.35. The third-order valence-electron chi connectivity index (χ3n) is 7.54. The first-order valence-corrected chi connectivity index (χ1v) is 14.0. The first-order chi connectivity index (χ1) is 20.8. The van der Waals surface area contributed by atoms with E-state index < -0.39 is 5.91 Å². The molecular weight excluding hydrogens is 542 g/mol. The van der Waals surface area contributed by atoms with Crippen molar-refractivity contribution in [3.8, 4) is 5.88 Å². The maximum Gasteiger partial charge on any atom is 0.275 e. The van der Waals surface area contributed by atoms with E-state index >= 15 is 0 Å². The summed E-state index contributed by atoms with van der Waals surface area (Å²) < 4.78 is 0. The minimum absolute atomic E-state index is 0.0266. The van der Waals surface area contributed by atoms with Crippen LogP contribution in [-0.2, 0) is 0 Å². The summed E-state index contributed by atoms with van der Waals surface area (Å²) in [5.74, 6) is -0.667. The van der Waals surface area contributed by atoms with E-state index in [1.54, 1.807) is 55.6 Å². The molecule has 5 aromatic rings. The lowest BCUT2D eigenvalue weighted by molar-refractivity contribution is 0.101. The van der Waals surface area contributed by atoms with Gasteiger partial charge in [-0.1, -0.05) is 24.3 Å². The highest BCUT2D eigenvalue weighted by atomic mass is 16.3. The van der Waals surface area contributed by atoms with Crippen LogP contribution in [-0.4, -0.2) is 76.1 Å². The number of aromatic amines is 1. The molecule has 2 aromatic heterocycles. The lowest BCUT2D eigenvalue weighted by Crippen LogP contribution is -2.44. The molecule has 0 saturated carbocycles. The number of fused-ring (bicyclic) bond motifs is 1. The largest absolute Gasteiger partial charge is 0.494 e. The molecule has 10 nitrogen and oxygen atoms in total. The van der Waals surface area contributed by atoms with E-state index in [1.807, 2.05) is 12.1 Å². The second kappa shape index (κ2) is 11.9. The number of aromatic hydroxyl groups is 1. The molecule has 3 aromatic carbocycles. The fraction of sp³-hybridized carbons (Fsp3) is 0.182. The van der Waals surface area contributed by atoms with Gasteiger partial charge in [-0.15, -0.1) is 0 Å². The van der Waals surface area contributed by atoms with Gasteiger partial charge in [0.2, 0.25) is 0 Å². The minimum Gasteiger partial charge on any atom is -0.494 e. The third-order valence-corrected chi connectivity index (χ3v) is 7.54. The van der Waals surface area contributed by atoms with E-state index in [0.717, 1.165) is 37.3 Å². The lowest BCUT2D eigenvalue weighted by atomic mass is 10.0. The number of aromatic nitrogens is 3. The van der Waals surface area contributed by atoms with E-state index in [9.17, 15) is 14.7 Å². The molecule has 1 aliphatic heterocycles. The number of hydrogen-bond donors (Lipinski definition) is 3. The fourth-order valence-electron chi connectivity index (χ4n) is 5.04. The van der Waals surface area contributed by atoms with Crippen molar-refractivity contribution in [2.75, 3.05) is 43.4 Å². The molecule has 1 saturated heterocycles. The van der Waals surface area contributed by atoms with Gasteiger partial charge in [0.15, 0.2) is 11.7 Å². The Labute approximate surface area is 248 Å². The molecule has 1 aliphatic rings. The molecule has 10 heteroatoms. The van der Waals surface area contributed by atoms with E-state index in [2.05, 4.69) is 54.2 Å². The van der Waals surface area contributed by atoms with Crippen molar-refractivity contribution in [2.24, 2.45) is 4.99 Å². The standard InChI is InChI=1S/C33H31N7O3/c1-21-18-36-30(20-34-21)33(43)37-25-5-3-4-22(16-25)31(41)23-6-11-27-28(32(42)38-29(27)17-23)19-35-24-7-9-26(10-8-24)40-14-12-39(2)13-15-40/h3-11,16-20,38,42H,12-15H2,1-2H3,(H,37,43). The molecule has 6 rings (SSSR count). The molecule has 1 fully saturated rings. The van der Waals surface area contributed by atoms with Crippen LogP contribution >= 0.6 is 0 Å². The maximum absolute atomic E-state index is 13.4. The number of nitrogens with one attached hydrogen (secondary N) is 2. The Morgan fingerprint density at radius 1 is 0.953 bits per heavy atom. The average molecular weight is 574 g/mol. The second-order valence-corrected chi connectivity index (χ2v) is 10.6. The monoisotopic (exact) mass is 573 g/mol. The number of aliphatic imine (C=N–C) groups is 1. The predicted molar refractivity (Wildman–Crippen MR) is 168 cm³/mol. The number of aryl methyl sites for hydroxylation is 1. The fourth-order valence-corrected chi connectivity index (χ4v) is 5.04. The number of piperazine rings is 1. The van der Waals surface area contributed by atoms with E-state index in [-0.39, 0.29) is 17.4 Å². The number of H-pyrrole nitrogens is 1. The van der Waals surface area contributed by atoms with Crippen molar-refractivity contribution in [1.29, 1.82) is 0 Å². The van der Waals surface area contributed by atoms with E-state index in [1.165, 1.54) is 18.1 Å². The average Bonchev–Trinajstić information content (AvgIpc) is 3.34. The molecular formula is C33H31N7O3. The van der Waals surface area contributed by atoms with Gasteiger partial charge < -0.3 is 25.2 Å². The van der Waals surface area contributed by atoms with E-state index in [4.69, 9.17) is 0 Å². The molecule has 0 aliphatic carbocycles. The number of hydrogen-bond acceptors (Lipinski definition) is 8. The summed E-state index contributed by atoms with van der Waals surface area (Å²) in [6.07, 6.45) is 4.56. The summed E-state index contributed by atoms with van der Waals surface area (Å²) in [5, 5.41) is 14.1. The van der Waals surface area contributed by atoms with Crippen LogP contribution in [0, 0.1) is 6.92 Å². The van der Waals surface area contributed by atoms with Crippen molar-refractivity contribution >= 4 is 45.9 Å². The van der Waals surface area contributed by atoms with Crippen LogP contribution in [0.15, 0.2) is 84.1 Å². The topological polar surface area (TPSA) is 127 Å². The Morgan fingerprint density at radius 2 is 1.72 bits per heavy atom. The summed E-state index contributed by atoms with van der Waals surface area (Å²) in [6, 6.07) is 20.0. The summed E-state index contributed by atoms with van der Waals surface area (Å²) in [6.45, 7) is 5.88. The van der Waals surface area contributed by atoms with Gasteiger partial charge in [-0.3, -0.25) is 19.6 Å². The third kappa shape index (κ3) is 6.14. The van der Waals surface area contributed by atoms with Crippen molar-refractivity contribution in [3.05, 3.63) is 107 Å². The zero-order valence-corrected chi connectivity index (χ0v) is 23.9. The predicted octanol–water partition coefficient (Wildman–Crippen LogP) is 4.96. The molecule has 3 heterocycles. The Kier molecular flexibility index (Phi) is 7.67. The number of carbonyl (C=O) groups excluding carboxylic acids is 2. The summed E-state index contributed by atoms with van der Waals surface area (Å²) in [5.41, 5.74) is 5.30. The number of benzene rings is 3. The maximum atomic E-state index is 13.4. The Morgan fingerprint density at radius 3 is 2.47 bits per heavy atom. The van der Waals surface area contributed by atoms with Crippen LogP contribution < -0.4 is 10.2 Å². The number of carbonyl (C=O) groups is 2. The van der Waals surface area contributed by atoms with Crippen LogP contribution in [0.4, 0.5) is 17.1 Å². The number of anilines is 2. The number of ketones is 1. The Bertz CT molecular complexity index is 1820. The van der Waals surface area contributed by atoms with Gasteiger partial charge in [-0.2, -0.15) is 0 Å². The number of rotatable bonds is 7. The zero-order valence-electron chi connectivity index (χ0n) is 23.9. The minimum atomic E-state index is -0.416. The van der Waals surface area contributed by atoms with Gasteiger partial charge in [0.05, 0.1) is 23.1 Å².